The van der Waals surface area contributed by atoms with E-state index in [4.69, 9.17) is 27.7 Å². The van der Waals surface area contributed by atoms with E-state index < -0.39 is 0 Å². The van der Waals surface area contributed by atoms with E-state index in [-0.39, 0.29) is 5.92 Å². The lowest BCUT2D eigenvalue weighted by atomic mass is 9.97. The van der Waals surface area contributed by atoms with Crippen molar-refractivity contribution in [2.24, 2.45) is 0 Å². The van der Waals surface area contributed by atoms with Gasteiger partial charge in [-0.1, -0.05) is 40.5 Å². The van der Waals surface area contributed by atoms with Crippen LogP contribution >= 0.6 is 23.2 Å². The molecule has 2 aromatic heterocycles. The molecule has 3 aromatic rings. The Kier molecular flexibility index (Phi) is 4.59. The van der Waals surface area contributed by atoms with Gasteiger partial charge in [0.25, 0.3) is 0 Å². The largest absolute Gasteiger partial charge is 0.357 e. The maximum Gasteiger partial charge on any atom is 0.230 e. The van der Waals surface area contributed by atoms with Gasteiger partial charge in [0.1, 0.15) is 5.82 Å². The van der Waals surface area contributed by atoms with Gasteiger partial charge in [0.15, 0.2) is 0 Å². The van der Waals surface area contributed by atoms with E-state index in [9.17, 15) is 0 Å². The van der Waals surface area contributed by atoms with Crippen molar-refractivity contribution in [3.05, 3.63) is 58.5 Å². The molecular formula is C18H16Cl2N4O. The molecule has 0 atom stereocenters. The molecule has 25 heavy (non-hydrogen) atoms. The van der Waals surface area contributed by atoms with Crippen LogP contribution in [0.25, 0.3) is 11.4 Å². The van der Waals surface area contributed by atoms with Crippen LogP contribution in [0.5, 0.6) is 0 Å². The maximum atomic E-state index is 6.21. The highest BCUT2D eigenvalue weighted by molar-refractivity contribution is 6.33. The van der Waals surface area contributed by atoms with Crippen LogP contribution < -0.4 is 4.90 Å². The van der Waals surface area contributed by atoms with Gasteiger partial charge in [-0.25, -0.2) is 4.98 Å². The Morgan fingerprint density at radius 3 is 2.56 bits per heavy atom. The first-order valence-corrected chi connectivity index (χ1v) is 8.91. The second kappa shape index (κ2) is 7.02. The third kappa shape index (κ3) is 3.48. The highest BCUT2D eigenvalue weighted by Gasteiger charge is 2.26. The number of nitrogens with zero attached hydrogens (tertiary/aromatic N) is 4. The average molecular weight is 375 g/mol. The third-order valence-corrected chi connectivity index (χ3v) is 4.99. The van der Waals surface area contributed by atoms with Gasteiger partial charge in [-0.15, -0.1) is 0 Å². The van der Waals surface area contributed by atoms with Crippen LogP contribution in [0.15, 0.2) is 47.1 Å². The molecule has 0 unspecified atom stereocenters. The molecule has 1 saturated heterocycles. The van der Waals surface area contributed by atoms with Gasteiger partial charge in [0, 0.05) is 30.8 Å². The molecular weight excluding hydrogens is 359 g/mol. The highest BCUT2D eigenvalue weighted by atomic mass is 35.5. The van der Waals surface area contributed by atoms with E-state index in [0.29, 0.717) is 21.8 Å². The summed E-state index contributed by atoms with van der Waals surface area (Å²) in [6.45, 7) is 1.78. The summed E-state index contributed by atoms with van der Waals surface area (Å²) < 4.78 is 5.50. The third-order valence-electron chi connectivity index (χ3n) is 4.44. The van der Waals surface area contributed by atoms with Gasteiger partial charge >= 0.3 is 0 Å². The molecule has 1 aromatic carbocycles. The summed E-state index contributed by atoms with van der Waals surface area (Å²) in [5.41, 5.74) is 0.793. The maximum absolute atomic E-state index is 6.21. The van der Waals surface area contributed by atoms with Crippen LogP contribution in [0, 0.1) is 0 Å². The number of anilines is 1. The van der Waals surface area contributed by atoms with E-state index in [1.165, 1.54) is 0 Å². The van der Waals surface area contributed by atoms with Gasteiger partial charge in [-0.05, 0) is 37.1 Å². The standard InChI is InChI=1S/C18H16Cl2N4O/c19-13-5-6-16(21-11-13)24-9-7-12(8-10-24)18-22-17(23-25-18)14-3-1-2-4-15(14)20/h1-6,11-12H,7-10H2. The number of halogens is 2. The Bertz CT molecular complexity index is 858. The van der Waals surface area contributed by atoms with Crippen molar-refractivity contribution in [1.82, 2.24) is 15.1 Å². The van der Waals surface area contributed by atoms with Crippen molar-refractivity contribution in [3.8, 4) is 11.4 Å². The van der Waals surface area contributed by atoms with Gasteiger partial charge in [0.05, 0.1) is 10.0 Å². The smallest absolute Gasteiger partial charge is 0.230 e. The number of hydrogen-bond acceptors (Lipinski definition) is 5. The summed E-state index contributed by atoms with van der Waals surface area (Å²) in [4.78, 5) is 11.2. The molecule has 7 heteroatoms. The summed E-state index contributed by atoms with van der Waals surface area (Å²) in [5, 5.41) is 5.37. The molecule has 128 valence electrons. The summed E-state index contributed by atoms with van der Waals surface area (Å²) in [5.74, 6) is 2.43. The summed E-state index contributed by atoms with van der Waals surface area (Å²) in [6.07, 6.45) is 3.56. The Morgan fingerprint density at radius 1 is 1.04 bits per heavy atom. The Balaban J connectivity index is 1.45. The first kappa shape index (κ1) is 16.4. The van der Waals surface area contributed by atoms with Crippen molar-refractivity contribution in [3.63, 3.8) is 0 Å². The molecule has 1 aliphatic heterocycles. The molecule has 1 aliphatic rings. The predicted octanol–water partition coefficient (Wildman–Crippen LogP) is 4.82. The minimum atomic E-state index is 0.257. The SMILES string of the molecule is Clc1ccc(N2CCC(c3nc(-c4ccccc4Cl)no3)CC2)nc1. The van der Waals surface area contributed by atoms with Gasteiger partial charge in [-0.3, -0.25) is 0 Å². The van der Waals surface area contributed by atoms with E-state index in [0.717, 1.165) is 37.3 Å². The first-order valence-electron chi connectivity index (χ1n) is 8.16. The normalized spacial score (nSPS) is 15.5. The van der Waals surface area contributed by atoms with Crippen LogP contribution in [0.4, 0.5) is 5.82 Å². The number of aromatic nitrogens is 3. The van der Waals surface area contributed by atoms with Crippen molar-refractivity contribution in [1.29, 1.82) is 0 Å². The Hall–Kier alpha value is -2.11. The number of hydrogen-bond donors (Lipinski definition) is 0. The molecule has 5 nitrogen and oxygen atoms in total. The van der Waals surface area contributed by atoms with Gasteiger partial charge in [-0.2, -0.15) is 4.98 Å². The lowest BCUT2D eigenvalue weighted by molar-refractivity contribution is 0.329. The number of rotatable bonds is 3. The fraction of sp³-hybridized carbons (Fsp3) is 0.278. The topological polar surface area (TPSA) is 55.1 Å². The second-order valence-corrected chi connectivity index (χ2v) is 6.88. The molecule has 0 N–H and O–H groups in total. The number of benzene rings is 1. The molecule has 0 bridgehead atoms. The van der Waals surface area contributed by atoms with E-state index in [1.54, 1.807) is 6.20 Å². The molecule has 1 fully saturated rings. The average Bonchev–Trinajstić information content (AvgIpc) is 3.13. The molecule has 0 radical (unpaired) electrons. The molecule has 0 amide bonds. The molecule has 0 spiro atoms. The van der Waals surface area contributed by atoms with E-state index in [2.05, 4.69) is 20.0 Å². The minimum absolute atomic E-state index is 0.257. The molecule has 0 aliphatic carbocycles. The van der Waals surface area contributed by atoms with Crippen molar-refractivity contribution < 1.29 is 4.52 Å². The van der Waals surface area contributed by atoms with Crippen molar-refractivity contribution >= 4 is 29.0 Å². The fourth-order valence-corrected chi connectivity index (χ4v) is 3.40. The van der Waals surface area contributed by atoms with E-state index >= 15 is 0 Å². The molecule has 0 saturated carbocycles. The zero-order valence-electron chi connectivity index (χ0n) is 13.4. The van der Waals surface area contributed by atoms with E-state index in [1.807, 2.05) is 36.4 Å². The van der Waals surface area contributed by atoms with Crippen LogP contribution in [0.1, 0.15) is 24.7 Å². The zero-order chi connectivity index (χ0) is 17.2. The predicted molar refractivity (Wildman–Crippen MR) is 98.2 cm³/mol. The second-order valence-electron chi connectivity index (χ2n) is 6.03. The monoisotopic (exact) mass is 374 g/mol. The summed E-state index contributed by atoms with van der Waals surface area (Å²) >= 11 is 12.1. The Labute approximate surface area is 155 Å². The molecule has 4 rings (SSSR count). The Morgan fingerprint density at radius 2 is 1.84 bits per heavy atom. The van der Waals surface area contributed by atoms with Crippen LogP contribution in [0.2, 0.25) is 10.0 Å². The van der Waals surface area contributed by atoms with Crippen molar-refractivity contribution in [2.45, 2.75) is 18.8 Å². The van der Waals surface area contributed by atoms with Crippen molar-refractivity contribution in [2.75, 3.05) is 18.0 Å². The molecule has 3 heterocycles. The summed E-state index contributed by atoms with van der Waals surface area (Å²) in [6, 6.07) is 11.3. The highest BCUT2D eigenvalue weighted by Crippen LogP contribution is 2.31. The van der Waals surface area contributed by atoms with Gasteiger partial charge < -0.3 is 9.42 Å². The lowest BCUT2D eigenvalue weighted by Gasteiger charge is -2.31. The number of pyridine rings is 1. The lowest BCUT2D eigenvalue weighted by Crippen LogP contribution is -2.33. The van der Waals surface area contributed by atoms with Crippen LogP contribution in [-0.4, -0.2) is 28.2 Å². The van der Waals surface area contributed by atoms with Crippen LogP contribution in [0.3, 0.4) is 0 Å². The zero-order valence-corrected chi connectivity index (χ0v) is 14.9. The van der Waals surface area contributed by atoms with Gasteiger partial charge in [0.2, 0.25) is 11.7 Å². The summed E-state index contributed by atoms with van der Waals surface area (Å²) in [7, 11) is 0. The van der Waals surface area contributed by atoms with Crippen LogP contribution in [-0.2, 0) is 0 Å². The minimum Gasteiger partial charge on any atom is -0.357 e. The quantitative estimate of drug-likeness (QED) is 0.657. The fourth-order valence-electron chi connectivity index (χ4n) is 3.06. The first-order chi connectivity index (χ1) is 12.2. The number of piperidine rings is 1.